The Morgan fingerprint density at radius 1 is 0.341 bits per heavy atom. The molecule has 0 saturated heterocycles. The van der Waals surface area contributed by atoms with E-state index in [0.717, 1.165) is 11.4 Å². The molecule has 8 aromatic rings. The van der Waals surface area contributed by atoms with E-state index in [1.54, 1.807) is 0 Å². The molecule has 0 radical (unpaired) electrons. The highest BCUT2D eigenvalue weighted by Crippen LogP contribution is 2.34. The minimum atomic E-state index is 1.07. The van der Waals surface area contributed by atoms with Gasteiger partial charge in [0.2, 0.25) is 0 Å². The Hall–Kier alpha value is -5.86. The predicted octanol–water partition coefficient (Wildman–Crippen LogP) is 11.5. The second-order valence-corrected chi connectivity index (χ2v) is 11.1. The van der Waals surface area contributed by atoms with Gasteiger partial charge in [-0.25, -0.2) is 0 Å². The molecule has 0 fully saturated rings. The lowest BCUT2D eigenvalue weighted by Crippen LogP contribution is -1.93. The summed E-state index contributed by atoms with van der Waals surface area (Å²) in [6.07, 6.45) is 0. The van der Waals surface area contributed by atoms with Crippen LogP contribution in [0.1, 0.15) is 0 Å². The number of benzene rings is 7. The molecular weight excluding hydrogens is 532 g/mol. The molecule has 0 atom stereocenters. The second-order valence-electron chi connectivity index (χ2n) is 11.1. The van der Waals surface area contributed by atoms with Crippen LogP contribution in [-0.4, -0.2) is 4.57 Å². The summed E-state index contributed by atoms with van der Waals surface area (Å²) in [7, 11) is 0. The molecule has 0 saturated carbocycles. The van der Waals surface area contributed by atoms with E-state index in [9.17, 15) is 0 Å². The third-order valence-corrected chi connectivity index (χ3v) is 8.43. The van der Waals surface area contributed by atoms with Crippen molar-refractivity contribution in [1.82, 2.24) is 4.57 Å². The number of fused-ring (bicyclic) bond motifs is 3. The number of hydrogen-bond donors (Lipinski definition) is 1. The number of anilines is 2. The molecule has 1 N–H and O–H groups in total. The van der Waals surface area contributed by atoms with Crippen molar-refractivity contribution < 1.29 is 0 Å². The zero-order chi connectivity index (χ0) is 29.3. The molecule has 44 heavy (non-hydrogen) atoms. The van der Waals surface area contributed by atoms with Crippen molar-refractivity contribution in [2.75, 3.05) is 5.32 Å². The van der Waals surface area contributed by atoms with Gasteiger partial charge in [0.1, 0.15) is 0 Å². The van der Waals surface area contributed by atoms with Gasteiger partial charge < -0.3 is 9.88 Å². The highest BCUT2D eigenvalue weighted by molar-refractivity contribution is 6.09. The first-order chi connectivity index (χ1) is 21.8. The molecule has 0 spiro atoms. The minimum absolute atomic E-state index is 1.07. The van der Waals surface area contributed by atoms with Gasteiger partial charge in [0, 0.05) is 33.4 Å². The number of nitrogens with zero attached hydrogens (tertiary/aromatic N) is 1. The maximum atomic E-state index is 3.61. The van der Waals surface area contributed by atoms with E-state index in [4.69, 9.17) is 0 Å². The average molecular weight is 563 g/mol. The van der Waals surface area contributed by atoms with Gasteiger partial charge in [0.15, 0.2) is 0 Å². The highest BCUT2D eigenvalue weighted by atomic mass is 15.0. The summed E-state index contributed by atoms with van der Waals surface area (Å²) in [5.41, 5.74) is 13.0. The summed E-state index contributed by atoms with van der Waals surface area (Å²) in [6, 6.07) is 62.6. The van der Waals surface area contributed by atoms with E-state index in [0.29, 0.717) is 0 Å². The molecule has 0 bridgehead atoms. The van der Waals surface area contributed by atoms with E-state index >= 15 is 0 Å². The standard InChI is InChI=1S/C42H30N2/c1-2-10-34(11-3-1)37-12-4-7-15-40(37)43-35-26-22-32(23-27-35)30-18-20-31(21-19-30)33-24-28-36(29-25-33)44-41-16-8-5-13-38(41)39-14-6-9-17-42(39)44/h1-29,43H. The largest absolute Gasteiger partial charge is 0.355 e. The van der Waals surface area contributed by atoms with Crippen LogP contribution in [0, 0.1) is 0 Å². The molecule has 1 aromatic heterocycles. The van der Waals surface area contributed by atoms with Gasteiger partial charge in [0.25, 0.3) is 0 Å². The van der Waals surface area contributed by atoms with Crippen LogP contribution in [-0.2, 0) is 0 Å². The monoisotopic (exact) mass is 562 g/mol. The van der Waals surface area contributed by atoms with Gasteiger partial charge in [-0.3, -0.25) is 0 Å². The first-order valence-electron chi connectivity index (χ1n) is 15.0. The fourth-order valence-electron chi connectivity index (χ4n) is 6.22. The minimum Gasteiger partial charge on any atom is -0.355 e. The smallest absolute Gasteiger partial charge is 0.0541 e. The van der Waals surface area contributed by atoms with E-state index in [-0.39, 0.29) is 0 Å². The van der Waals surface area contributed by atoms with Crippen LogP contribution in [0.25, 0.3) is 60.9 Å². The number of nitrogens with one attached hydrogen (secondary N) is 1. The van der Waals surface area contributed by atoms with E-state index in [2.05, 4.69) is 186 Å². The van der Waals surface area contributed by atoms with E-state index in [1.165, 1.54) is 60.9 Å². The maximum absolute atomic E-state index is 3.61. The molecule has 1 heterocycles. The van der Waals surface area contributed by atoms with Crippen molar-refractivity contribution in [3.8, 4) is 39.1 Å². The van der Waals surface area contributed by atoms with Crippen molar-refractivity contribution in [3.63, 3.8) is 0 Å². The molecular formula is C42H30N2. The Morgan fingerprint density at radius 3 is 1.39 bits per heavy atom. The summed E-state index contributed by atoms with van der Waals surface area (Å²) in [5, 5.41) is 6.17. The molecule has 0 aliphatic carbocycles. The molecule has 2 nitrogen and oxygen atoms in total. The lowest BCUT2D eigenvalue weighted by molar-refractivity contribution is 1.18. The topological polar surface area (TPSA) is 17.0 Å². The van der Waals surface area contributed by atoms with Crippen LogP contribution in [0.2, 0.25) is 0 Å². The number of hydrogen-bond acceptors (Lipinski definition) is 1. The second kappa shape index (κ2) is 11.1. The van der Waals surface area contributed by atoms with Crippen LogP contribution in [0.15, 0.2) is 176 Å². The quantitative estimate of drug-likeness (QED) is 0.213. The van der Waals surface area contributed by atoms with Crippen molar-refractivity contribution in [3.05, 3.63) is 176 Å². The summed E-state index contributed by atoms with van der Waals surface area (Å²) >= 11 is 0. The molecule has 0 unspecified atom stereocenters. The van der Waals surface area contributed by atoms with Crippen molar-refractivity contribution in [2.24, 2.45) is 0 Å². The zero-order valence-corrected chi connectivity index (χ0v) is 24.2. The van der Waals surface area contributed by atoms with Gasteiger partial charge >= 0.3 is 0 Å². The molecule has 7 aromatic carbocycles. The Morgan fingerprint density at radius 2 is 0.795 bits per heavy atom. The van der Waals surface area contributed by atoms with Crippen molar-refractivity contribution >= 4 is 33.2 Å². The number of aromatic nitrogens is 1. The maximum Gasteiger partial charge on any atom is 0.0541 e. The third kappa shape index (κ3) is 4.73. The van der Waals surface area contributed by atoms with Gasteiger partial charge in [-0.15, -0.1) is 0 Å². The van der Waals surface area contributed by atoms with Crippen LogP contribution < -0.4 is 5.32 Å². The zero-order valence-electron chi connectivity index (χ0n) is 24.2. The summed E-state index contributed by atoms with van der Waals surface area (Å²) in [5.74, 6) is 0. The van der Waals surface area contributed by atoms with Gasteiger partial charge in [0.05, 0.1) is 11.0 Å². The van der Waals surface area contributed by atoms with E-state index in [1.807, 2.05) is 0 Å². The average Bonchev–Trinajstić information content (AvgIpc) is 3.44. The summed E-state index contributed by atoms with van der Waals surface area (Å²) in [4.78, 5) is 0. The molecule has 0 amide bonds. The first kappa shape index (κ1) is 25.8. The number of para-hydroxylation sites is 3. The van der Waals surface area contributed by atoms with Gasteiger partial charge in [-0.1, -0.05) is 133 Å². The molecule has 2 heteroatoms. The van der Waals surface area contributed by atoms with Gasteiger partial charge in [-0.2, -0.15) is 0 Å². The van der Waals surface area contributed by atoms with E-state index < -0.39 is 0 Å². The Bertz CT molecular complexity index is 2150. The lowest BCUT2D eigenvalue weighted by atomic mass is 10.00. The van der Waals surface area contributed by atoms with Crippen LogP contribution in [0.4, 0.5) is 11.4 Å². The SMILES string of the molecule is c1ccc(-c2ccccc2Nc2ccc(-c3ccc(-c4ccc(-n5c6ccccc6c6ccccc65)cc4)cc3)cc2)cc1. The number of rotatable bonds is 6. The van der Waals surface area contributed by atoms with Crippen LogP contribution >= 0.6 is 0 Å². The fourth-order valence-corrected chi connectivity index (χ4v) is 6.22. The Kier molecular flexibility index (Phi) is 6.51. The highest BCUT2D eigenvalue weighted by Gasteiger charge is 2.11. The molecule has 208 valence electrons. The predicted molar refractivity (Wildman–Crippen MR) is 187 cm³/mol. The first-order valence-corrected chi connectivity index (χ1v) is 15.0. The molecule has 0 aliphatic rings. The molecule has 0 aliphatic heterocycles. The Labute approximate surface area is 257 Å². The third-order valence-electron chi connectivity index (χ3n) is 8.43. The Balaban J connectivity index is 1.02. The van der Waals surface area contributed by atoms with Crippen molar-refractivity contribution in [1.29, 1.82) is 0 Å². The van der Waals surface area contributed by atoms with Gasteiger partial charge in [-0.05, 0) is 70.3 Å². The summed E-state index contributed by atoms with van der Waals surface area (Å²) in [6.45, 7) is 0. The van der Waals surface area contributed by atoms with Crippen LogP contribution in [0.5, 0.6) is 0 Å². The molecule has 8 rings (SSSR count). The fraction of sp³-hybridized carbons (Fsp3) is 0. The normalized spacial score (nSPS) is 11.2. The van der Waals surface area contributed by atoms with Crippen molar-refractivity contribution in [2.45, 2.75) is 0 Å². The summed E-state index contributed by atoms with van der Waals surface area (Å²) < 4.78 is 2.36. The van der Waals surface area contributed by atoms with Crippen LogP contribution in [0.3, 0.4) is 0 Å². The lowest BCUT2D eigenvalue weighted by Gasteiger charge is -2.13.